The summed E-state index contributed by atoms with van der Waals surface area (Å²) < 4.78 is 33.8. The minimum Gasteiger partial charge on any atom is -0.495 e. The predicted octanol–water partition coefficient (Wildman–Crippen LogP) is 2.74. The molecule has 1 aliphatic heterocycles. The maximum Gasteiger partial charge on any atom is 0.335 e. The Kier molecular flexibility index (Phi) is 5.78. The second-order valence-corrected chi connectivity index (χ2v) is 8.42. The van der Waals surface area contributed by atoms with Gasteiger partial charge in [-0.05, 0) is 49.6 Å². The number of sulfonamides is 1. The zero-order valence-corrected chi connectivity index (χ0v) is 17.0. The predicted molar refractivity (Wildman–Crippen MR) is 107 cm³/mol. The van der Waals surface area contributed by atoms with E-state index in [1.165, 1.54) is 19.2 Å². The van der Waals surface area contributed by atoms with Gasteiger partial charge in [0.25, 0.3) is 15.9 Å². The Morgan fingerprint density at radius 1 is 1.14 bits per heavy atom. The van der Waals surface area contributed by atoms with Crippen molar-refractivity contribution in [3.05, 3.63) is 53.1 Å². The van der Waals surface area contributed by atoms with E-state index in [4.69, 9.17) is 4.74 Å². The highest BCUT2D eigenvalue weighted by Gasteiger charge is 2.27. The van der Waals surface area contributed by atoms with E-state index in [2.05, 4.69) is 4.72 Å². The van der Waals surface area contributed by atoms with Crippen LogP contribution in [0.15, 0.2) is 41.3 Å². The summed E-state index contributed by atoms with van der Waals surface area (Å²) in [6, 6.07) is 8.55. The molecule has 1 fully saturated rings. The molecule has 8 nitrogen and oxygen atoms in total. The summed E-state index contributed by atoms with van der Waals surface area (Å²) in [5.41, 5.74) is 0.812. The third-order valence-electron chi connectivity index (χ3n) is 4.83. The van der Waals surface area contributed by atoms with Crippen LogP contribution in [-0.2, 0) is 10.0 Å². The first kappa shape index (κ1) is 20.7. The fourth-order valence-corrected chi connectivity index (χ4v) is 4.63. The summed E-state index contributed by atoms with van der Waals surface area (Å²) in [4.78, 5) is 25.5. The summed E-state index contributed by atoms with van der Waals surface area (Å²) in [6.45, 7) is 2.96. The third-order valence-corrected chi connectivity index (χ3v) is 6.20. The molecule has 9 heteroatoms. The van der Waals surface area contributed by atoms with Gasteiger partial charge in [-0.1, -0.05) is 12.1 Å². The number of carbonyl (C=O) groups excluding carboxylic acids is 1. The van der Waals surface area contributed by atoms with Crippen LogP contribution in [-0.4, -0.2) is 50.5 Å². The smallest absolute Gasteiger partial charge is 0.335 e. The zero-order chi connectivity index (χ0) is 21.2. The number of carboxylic acids is 1. The Bertz CT molecular complexity index is 1060. The topological polar surface area (TPSA) is 113 Å². The molecule has 2 aromatic rings. The minimum atomic E-state index is -4.22. The Labute approximate surface area is 169 Å². The lowest BCUT2D eigenvalue weighted by Gasteiger charge is -2.20. The molecule has 29 heavy (non-hydrogen) atoms. The number of anilines is 1. The molecule has 2 N–H and O–H groups in total. The number of hydrogen-bond donors (Lipinski definition) is 2. The van der Waals surface area contributed by atoms with Gasteiger partial charge in [-0.25, -0.2) is 13.2 Å². The van der Waals surface area contributed by atoms with Crippen LogP contribution in [0.5, 0.6) is 5.75 Å². The van der Waals surface area contributed by atoms with Gasteiger partial charge in [-0.2, -0.15) is 0 Å². The Hall–Kier alpha value is -3.07. The number of rotatable bonds is 6. The van der Waals surface area contributed by atoms with Gasteiger partial charge in [0.1, 0.15) is 10.6 Å². The van der Waals surface area contributed by atoms with Crippen molar-refractivity contribution in [2.24, 2.45) is 0 Å². The van der Waals surface area contributed by atoms with E-state index in [9.17, 15) is 23.1 Å². The normalized spacial score (nSPS) is 13.9. The van der Waals surface area contributed by atoms with E-state index in [1.54, 1.807) is 30.0 Å². The van der Waals surface area contributed by atoms with Gasteiger partial charge in [0.15, 0.2) is 0 Å². The van der Waals surface area contributed by atoms with Crippen molar-refractivity contribution in [2.75, 3.05) is 24.9 Å². The molecule has 2 aromatic carbocycles. The van der Waals surface area contributed by atoms with E-state index in [0.29, 0.717) is 18.7 Å². The van der Waals surface area contributed by atoms with Crippen LogP contribution in [0.4, 0.5) is 5.69 Å². The number of para-hydroxylation sites is 1. The van der Waals surface area contributed by atoms with Crippen LogP contribution in [0.1, 0.15) is 39.1 Å². The molecule has 0 atom stereocenters. The first-order chi connectivity index (χ1) is 13.7. The molecular formula is C20H22N2O6S. The number of likely N-dealkylation sites (tertiary alicyclic amines) is 1. The molecule has 0 aromatic heterocycles. The largest absolute Gasteiger partial charge is 0.495 e. The Morgan fingerprint density at radius 2 is 1.83 bits per heavy atom. The number of carboxylic acid groups (broad SMARTS) is 1. The summed E-state index contributed by atoms with van der Waals surface area (Å²) in [6.07, 6.45) is 1.83. The minimum absolute atomic E-state index is 0.00324. The highest BCUT2D eigenvalue weighted by atomic mass is 32.2. The molecule has 0 saturated carbocycles. The maximum atomic E-state index is 13.1. The fraction of sp³-hybridized carbons (Fsp3) is 0.300. The second-order valence-electron chi connectivity index (χ2n) is 6.77. The third kappa shape index (κ3) is 4.19. The first-order valence-electron chi connectivity index (χ1n) is 9.07. The average Bonchev–Trinajstić information content (AvgIpc) is 3.23. The number of amides is 1. The van der Waals surface area contributed by atoms with Crippen LogP contribution >= 0.6 is 0 Å². The molecule has 154 valence electrons. The molecule has 0 bridgehead atoms. The average molecular weight is 418 g/mol. The van der Waals surface area contributed by atoms with E-state index in [1.807, 2.05) is 0 Å². The van der Waals surface area contributed by atoms with Crippen molar-refractivity contribution < 1.29 is 27.9 Å². The number of hydrogen-bond acceptors (Lipinski definition) is 5. The number of aryl methyl sites for hydroxylation is 1. The molecule has 0 aliphatic carbocycles. The lowest BCUT2D eigenvalue weighted by molar-refractivity contribution is 0.0695. The van der Waals surface area contributed by atoms with Gasteiger partial charge in [0.2, 0.25) is 0 Å². The molecule has 1 saturated heterocycles. The molecule has 0 unspecified atom stereocenters. The number of carbonyl (C=O) groups is 2. The van der Waals surface area contributed by atoms with Gasteiger partial charge < -0.3 is 14.7 Å². The van der Waals surface area contributed by atoms with Crippen molar-refractivity contribution in [3.63, 3.8) is 0 Å². The first-order valence-corrected chi connectivity index (χ1v) is 10.6. The number of ether oxygens (including phenoxy) is 1. The fourth-order valence-electron chi connectivity index (χ4n) is 3.28. The van der Waals surface area contributed by atoms with Crippen molar-refractivity contribution >= 4 is 27.6 Å². The quantitative estimate of drug-likeness (QED) is 0.746. The second kappa shape index (κ2) is 8.12. The number of nitrogens with zero attached hydrogens (tertiary/aromatic N) is 1. The van der Waals surface area contributed by atoms with Crippen LogP contribution in [0.2, 0.25) is 0 Å². The van der Waals surface area contributed by atoms with Crippen LogP contribution in [0, 0.1) is 6.92 Å². The van der Waals surface area contributed by atoms with E-state index < -0.39 is 16.0 Å². The number of aromatic carboxylic acids is 1. The van der Waals surface area contributed by atoms with Gasteiger partial charge >= 0.3 is 5.97 Å². The van der Waals surface area contributed by atoms with E-state index >= 15 is 0 Å². The lowest BCUT2D eigenvalue weighted by Crippen LogP contribution is -2.29. The van der Waals surface area contributed by atoms with Crippen molar-refractivity contribution in [3.8, 4) is 5.75 Å². The summed E-state index contributed by atoms with van der Waals surface area (Å²) in [5.74, 6) is -1.50. The van der Waals surface area contributed by atoms with Gasteiger partial charge in [-0.3, -0.25) is 9.52 Å². The van der Waals surface area contributed by atoms with Gasteiger partial charge in [-0.15, -0.1) is 0 Å². The van der Waals surface area contributed by atoms with Crippen molar-refractivity contribution in [1.29, 1.82) is 0 Å². The lowest BCUT2D eigenvalue weighted by atomic mass is 10.1. The number of methoxy groups -OCH3 is 1. The van der Waals surface area contributed by atoms with Crippen LogP contribution < -0.4 is 9.46 Å². The molecule has 1 amide bonds. The molecule has 1 heterocycles. The molecule has 3 rings (SSSR count). The molecule has 0 radical (unpaired) electrons. The number of nitrogens with one attached hydrogen (secondary N) is 1. The van der Waals surface area contributed by atoms with Gasteiger partial charge in [0, 0.05) is 13.1 Å². The maximum absolute atomic E-state index is 13.1. The Balaban J connectivity index is 2.05. The highest BCUT2D eigenvalue weighted by Crippen LogP contribution is 2.30. The van der Waals surface area contributed by atoms with Crippen molar-refractivity contribution in [1.82, 2.24) is 4.90 Å². The summed E-state index contributed by atoms with van der Waals surface area (Å²) in [7, 11) is -2.93. The van der Waals surface area contributed by atoms with Crippen LogP contribution in [0.3, 0.4) is 0 Å². The van der Waals surface area contributed by atoms with Gasteiger partial charge in [0.05, 0.1) is 23.9 Å². The standard InChI is InChI=1S/C20H22N2O6S/c1-13-6-5-7-15(19(23)22-10-3-4-11-22)18(13)21-29(26,27)17-12-14(20(24)25)8-9-16(17)28-2/h5-9,12,21H,3-4,10-11H2,1-2H3,(H,24,25). The van der Waals surface area contributed by atoms with E-state index in [-0.39, 0.29) is 33.4 Å². The molecule has 0 spiro atoms. The SMILES string of the molecule is COc1ccc(C(=O)O)cc1S(=O)(=O)Nc1c(C)cccc1C(=O)N1CCCC1. The van der Waals surface area contributed by atoms with Crippen LogP contribution in [0.25, 0.3) is 0 Å². The molecule has 1 aliphatic rings. The Morgan fingerprint density at radius 3 is 2.45 bits per heavy atom. The molecular weight excluding hydrogens is 396 g/mol. The summed E-state index contributed by atoms with van der Waals surface area (Å²) >= 11 is 0. The van der Waals surface area contributed by atoms with E-state index in [0.717, 1.165) is 18.9 Å². The highest BCUT2D eigenvalue weighted by molar-refractivity contribution is 7.92. The van der Waals surface area contributed by atoms with Crippen molar-refractivity contribution in [2.45, 2.75) is 24.7 Å². The number of benzene rings is 2. The zero-order valence-electron chi connectivity index (χ0n) is 16.1. The monoisotopic (exact) mass is 418 g/mol. The summed E-state index contributed by atoms with van der Waals surface area (Å²) in [5, 5.41) is 9.20.